The molecule has 104 valence electrons. The van der Waals surface area contributed by atoms with Crippen molar-refractivity contribution in [2.45, 2.75) is 38.2 Å². The highest BCUT2D eigenvalue weighted by Gasteiger charge is 2.41. The quantitative estimate of drug-likeness (QED) is 0.771. The molecule has 2 saturated heterocycles. The van der Waals surface area contributed by atoms with E-state index in [1.165, 1.54) is 0 Å². The van der Waals surface area contributed by atoms with Gasteiger partial charge in [0.25, 0.3) is 0 Å². The van der Waals surface area contributed by atoms with Crippen LogP contribution in [-0.4, -0.2) is 31.2 Å². The molecular formula is C15H20O4. The van der Waals surface area contributed by atoms with Crippen molar-refractivity contribution in [3.05, 3.63) is 23.7 Å². The van der Waals surface area contributed by atoms with Crippen LogP contribution in [0.5, 0.6) is 0 Å². The number of aryl methyl sites for hydroxylation is 1. The van der Waals surface area contributed by atoms with Crippen LogP contribution in [-0.2, 0) is 9.47 Å². The summed E-state index contributed by atoms with van der Waals surface area (Å²) in [4.78, 5) is 12.5. The van der Waals surface area contributed by atoms with E-state index in [0.29, 0.717) is 12.2 Å². The van der Waals surface area contributed by atoms with Crippen LogP contribution in [0.1, 0.15) is 41.8 Å². The van der Waals surface area contributed by atoms with Crippen molar-refractivity contribution in [2.24, 2.45) is 5.92 Å². The van der Waals surface area contributed by atoms with Crippen LogP contribution in [0.4, 0.5) is 0 Å². The lowest BCUT2D eigenvalue weighted by atomic mass is 9.78. The molecule has 3 rings (SSSR count). The first kappa shape index (κ1) is 12.9. The van der Waals surface area contributed by atoms with Crippen LogP contribution >= 0.6 is 0 Å². The Morgan fingerprint density at radius 1 is 1.32 bits per heavy atom. The molecule has 0 N–H and O–H groups in total. The summed E-state index contributed by atoms with van der Waals surface area (Å²) >= 11 is 0. The van der Waals surface area contributed by atoms with Gasteiger partial charge in [0.05, 0.1) is 11.2 Å². The molecule has 19 heavy (non-hydrogen) atoms. The van der Waals surface area contributed by atoms with Crippen molar-refractivity contribution in [1.82, 2.24) is 0 Å². The first-order valence-corrected chi connectivity index (χ1v) is 7.00. The minimum atomic E-state index is -0.129. The third kappa shape index (κ3) is 2.60. The maximum Gasteiger partial charge on any atom is 0.169 e. The number of hydrogen-bond acceptors (Lipinski definition) is 4. The van der Waals surface area contributed by atoms with Gasteiger partial charge in [0.2, 0.25) is 0 Å². The zero-order chi connectivity index (χ0) is 13.3. The standard InChI is InChI=1S/C15H20O4/c1-11-8-13(10-18-11)14(16)12-2-5-19-15(9-12)3-6-17-7-4-15/h8,10,12H,2-7,9H2,1H3. The van der Waals surface area contributed by atoms with E-state index in [-0.39, 0.29) is 17.3 Å². The van der Waals surface area contributed by atoms with E-state index in [4.69, 9.17) is 13.9 Å². The van der Waals surface area contributed by atoms with Crippen LogP contribution in [0.3, 0.4) is 0 Å². The summed E-state index contributed by atoms with van der Waals surface area (Å²) in [7, 11) is 0. The number of Topliss-reactive ketones (excluding diaryl/α,β-unsaturated/α-hetero) is 1. The first-order valence-electron chi connectivity index (χ1n) is 7.00. The van der Waals surface area contributed by atoms with Gasteiger partial charge in [0.1, 0.15) is 12.0 Å². The van der Waals surface area contributed by atoms with Gasteiger partial charge in [-0.15, -0.1) is 0 Å². The van der Waals surface area contributed by atoms with Gasteiger partial charge in [-0.2, -0.15) is 0 Å². The monoisotopic (exact) mass is 264 g/mol. The van der Waals surface area contributed by atoms with Crippen LogP contribution < -0.4 is 0 Å². The maximum absolute atomic E-state index is 12.5. The van der Waals surface area contributed by atoms with E-state index < -0.39 is 0 Å². The van der Waals surface area contributed by atoms with E-state index in [0.717, 1.165) is 44.7 Å². The Kier molecular flexibility index (Phi) is 3.46. The van der Waals surface area contributed by atoms with Gasteiger partial charge in [0.15, 0.2) is 5.78 Å². The fraction of sp³-hybridized carbons (Fsp3) is 0.667. The molecule has 1 aromatic heterocycles. The van der Waals surface area contributed by atoms with Crippen LogP contribution in [0, 0.1) is 12.8 Å². The summed E-state index contributed by atoms with van der Waals surface area (Å²) in [6.45, 7) is 4.02. The lowest BCUT2D eigenvalue weighted by Crippen LogP contribution is -2.45. The molecule has 1 aromatic rings. The zero-order valence-electron chi connectivity index (χ0n) is 11.3. The van der Waals surface area contributed by atoms with Crippen molar-refractivity contribution < 1.29 is 18.7 Å². The van der Waals surface area contributed by atoms with Crippen LogP contribution in [0.25, 0.3) is 0 Å². The highest BCUT2D eigenvalue weighted by Crippen LogP contribution is 2.38. The number of ketones is 1. The molecule has 1 atom stereocenters. The largest absolute Gasteiger partial charge is 0.469 e. The van der Waals surface area contributed by atoms with Gasteiger partial charge in [-0.25, -0.2) is 0 Å². The average Bonchev–Trinajstić information content (AvgIpc) is 2.85. The molecule has 0 amide bonds. The highest BCUT2D eigenvalue weighted by molar-refractivity contribution is 5.97. The second-order valence-electron chi connectivity index (χ2n) is 5.64. The predicted octanol–water partition coefficient (Wildman–Crippen LogP) is 2.75. The second-order valence-corrected chi connectivity index (χ2v) is 5.64. The zero-order valence-corrected chi connectivity index (χ0v) is 11.3. The van der Waals surface area contributed by atoms with Crippen molar-refractivity contribution >= 4 is 5.78 Å². The van der Waals surface area contributed by atoms with Gasteiger partial charge in [0, 0.05) is 25.7 Å². The van der Waals surface area contributed by atoms with Crippen LogP contribution in [0.15, 0.2) is 16.7 Å². The lowest BCUT2D eigenvalue weighted by molar-refractivity contribution is -0.142. The Bertz CT molecular complexity index is 451. The number of ether oxygens (including phenoxy) is 2. The lowest BCUT2D eigenvalue weighted by Gasteiger charge is -2.42. The molecule has 3 heterocycles. The summed E-state index contributed by atoms with van der Waals surface area (Å²) < 4.78 is 16.6. The number of hydrogen-bond donors (Lipinski definition) is 0. The second kappa shape index (κ2) is 5.10. The number of rotatable bonds is 2. The fourth-order valence-corrected chi connectivity index (χ4v) is 3.15. The topological polar surface area (TPSA) is 48.7 Å². The Morgan fingerprint density at radius 2 is 2.11 bits per heavy atom. The third-order valence-corrected chi connectivity index (χ3v) is 4.28. The van der Waals surface area contributed by atoms with Gasteiger partial charge < -0.3 is 13.9 Å². The summed E-state index contributed by atoms with van der Waals surface area (Å²) in [6.07, 6.45) is 5.01. The molecule has 1 spiro atoms. The smallest absolute Gasteiger partial charge is 0.169 e. The Labute approximate surface area is 113 Å². The van der Waals surface area contributed by atoms with Crippen molar-refractivity contribution in [3.63, 3.8) is 0 Å². The Balaban J connectivity index is 1.72. The molecule has 2 aliphatic rings. The van der Waals surface area contributed by atoms with Crippen molar-refractivity contribution in [1.29, 1.82) is 0 Å². The number of furan rings is 1. The Hall–Kier alpha value is -1.13. The average molecular weight is 264 g/mol. The SMILES string of the molecule is Cc1cc(C(=O)C2CCOC3(CCOCC3)C2)co1. The van der Waals surface area contributed by atoms with Gasteiger partial charge in [-0.05, 0) is 38.7 Å². The van der Waals surface area contributed by atoms with E-state index in [1.807, 2.05) is 13.0 Å². The van der Waals surface area contributed by atoms with Crippen molar-refractivity contribution in [2.75, 3.05) is 19.8 Å². The predicted molar refractivity (Wildman–Crippen MR) is 69.2 cm³/mol. The van der Waals surface area contributed by atoms with E-state index in [9.17, 15) is 4.79 Å². The normalized spacial score (nSPS) is 26.5. The summed E-state index contributed by atoms with van der Waals surface area (Å²) in [6, 6.07) is 1.83. The first-order chi connectivity index (χ1) is 9.19. The molecule has 4 nitrogen and oxygen atoms in total. The molecular weight excluding hydrogens is 244 g/mol. The third-order valence-electron chi connectivity index (χ3n) is 4.28. The molecule has 2 fully saturated rings. The molecule has 0 aromatic carbocycles. The molecule has 0 bridgehead atoms. The van der Waals surface area contributed by atoms with Gasteiger partial charge in [-0.3, -0.25) is 4.79 Å². The molecule has 0 saturated carbocycles. The molecule has 1 unspecified atom stereocenters. The van der Waals surface area contributed by atoms with Gasteiger partial charge >= 0.3 is 0 Å². The number of carbonyl (C=O) groups is 1. The van der Waals surface area contributed by atoms with E-state index >= 15 is 0 Å². The summed E-state index contributed by atoms with van der Waals surface area (Å²) in [5.74, 6) is 1.05. The summed E-state index contributed by atoms with van der Waals surface area (Å²) in [5.41, 5.74) is 0.571. The minimum Gasteiger partial charge on any atom is -0.469 e. The van der Waals surface area contributed by atoms with Gasteiger partial charge in [-0.1, -0.05) is 0 Å². The Morgan fingerprint density at radius 3 is 2.79 bits per heavy atom. The summed E-state index contributed by atoms with van der Waals surface area (Å²) in [5, 5.41) is 0. The number of carbonyl (C=O) groups excluding carboxylic acids is 1. The van der Waals surface area contributed by atoms with Crippen molar-refractivity contribution in [3.8, 4) is 0 Å². The maximum atomic E-state index is 12.5. The van der Waals surface area contributed by atoms with E-state index in [2.05, 4.69) is 0 Å². The molecule has 0 radical (unpaired) electrons. The molecule has 4 heteroatoms. The van der Waals surface area contributed by atoms with E-state index in [1.54, 1.807) is 6.26 Å². The molecule has 2 aliphatic heterocycles. The fourth-order valence-electron chi connectivity index (χ4n) is 3.15. The highest BCUT2D eigenvalue weighted by atomic mass is 16.5. The molecule has 0 aliphatic carbocycles. The minimum absolute atomic E-state index is 0.0591. The van der Waals surface area contributed by atoms with Crippen LogP contribution in [0.2, 0.25) is 0 Å².